The smallest absolute Gasteiger partial charge is 0.0654 e. The van der Waals surface area contributed by atoms with Gasteiger partial charge < -0.3 is 5.53 Å². The van der Waals surface area contributed by atoms with Crippen molar-refractivity contribution in [2.24, 2.45) is 0 Å². The van der Waals surface area contributed by atoms with Crippen LogP contribution in [0.25, 0.3) is 16.9 Å². The number of nitrogens with zero attached hydrogens (tertiary/aromatic N) is 2. The predicted octanol–water partition coefficient (Wildman–Crippen LogP) is 32.2. The molecule has 3 rings (SSSR count). The van der Waals surface area contributed by atoms with Gasteiger partial charge in [-0.1, -0.05) is 284 Å². The summed E-state index contributed by atoms with van der Waals surface area (Å²) in [4.78, 5) is 0. The van der Waals surface area contributed by atoms with E-state index in [9.17, 15) is 5.53 Å². The first-order valence-electron chi connectivity index (χ1n) is 41.6. The molecule has 0 fully saturated rings. The van der Waals surface area contributed by atoms with Crippen molar-refractivity contribution in [1.29, 1.82) is 0 Å². The maximum absolute atomic E-state index is 11.9. The molecule has 0 unspecified atom stereocenters. The van der Waals surface area contributed by atoms with Crippen LogP contribution < -0.4 is 0 Å². The molecule has 0 saturated heterocycles. The minimum atomic E-state index is 1.02. The van der Waals surface area contributed by atoms with Crippen LogP contribution in [0.15, 0.2) is 59.7 Å². The summed E-state index contributed by atoms with van der Waals surface area (Å²) in [6, 6.07) is 17.9. The van der Waals surface area contributed by atoms with Gasteiger partial charge in [-0.2, -0.15) is 0 Å². The molecule has 91 heavy (non-hydrogen) atoms. The van der Waals surface area contributed by atoms with E-state index in [1.807, 2.05) is 0 Å². The Bertz CT molecular complexity index is 1890. The molecule has 0 bridgehead atoms. The van der Waals surface area contributed by atoms with Gasteiger partial charge in [-0.05, 0) is 86.8 Å². The van der Waals surface area contributed by atoms with Crippen molar-refractivity contribution in [3.63, 3.8) is 0 Å². The van der Waals surface area contributed by atoms with Crippen LogP contribution in [0.4, 0.5) is 0 Å². The van der Waals surface area contributed by atoms with Crippen LogP contribution in [-0.2, 0) is 27.3 Å². The van der Waals surface area contributed by atoms with Crippen molar-refractivity contribution in [2.45, 2.75) is 463 Å². The van der Waals surface area contributed by atoms with Gasteiger partial charge in [0.05, 0.1) is 0 Å². The summed E-state index contributed by atoms with van der Waals surface area (Å²) in [5, 5.41) is 2.87. The van der Waals surface area contributed by atoms with E-state index in [1.54, 1.807) is 4.70 Å². The van der Waals surface area contributed by atoms with Crippen LogP contribution in [0.1, 0.15) is 462 Å². The Morgan fingerprint density at radius 3 is 0.703 bits per heavy atom. The van der Waals surface area contributed by atoms with Crippen molar-refractivity contribution in [3.8, 4) is 0 Å². The van der Waals surface area contributed by atoms with Gasteiger partial charge in [-0.15, -0.1) is 0 Å². The van der Waals surface area contributed by atoms with Gasteiger partial charge in [0.15, 0.2) is 0 Å². The van der Waals surface area contributed by atoms with Crippen molar-refractivity contribution < 1.29 is 19.1 Å². The van der Waals surface area contributed by atoms with E-state index in [4.69, 9.17) is 0 Å². The van der Waals surface area contributed by atoms with E-state index in [1.165, 1.54) is 405 Å². The summed E-state index contributed by atoms with van der Waals surface area (Å²) in [5.41, 5.74) is 21.8. The molecule has 0 aromatic heterocycles. The second-order valence-electron chi connectivity index (χ2n) is 28.9. The second kappa shape index (κ2) is 66.6. The average molecular weight is 1300 g/mol. The molecule has 1 heterocycles. The van der Waals surface area contributed by atoms with Crippen molar-refractivity contribution in [2.75, 3.05) is 0 Å². The number of benzene rings is 2. The monoisotopic (exact) mass is 1300 g/mol. The van der Waals surface area contributed by atoms with Crippen LogP contribution in [0, 0.1) is 0 Å². The van der Waals surface area contributed by atoms with Crippen molar-refractivity contribution >= 4 is 11.4 Å². The summed E-state index contributed by atoms with van der Waals surface area (Å²) in [6.45, 7) is 13.7. The minimum Gasteiger partial charge on any atom is -0.0654 e. The van der Waals surface area contributed by atoms with Crippen LogP contribution in [-0.4, -0.2) is 4.70 Å². The number of unbranched alkanes of at least 4 members (excludes halogenated alkanes) is 54. The Balaban J connectivity index is 0.000000651. The van der Waals surface area contributed by atoms with Gasteiger partial charge in [0.2, 0.25) is 11.4 Å². The van der Waals surface area contributed by atoms with E-state index in [-0.39, 0.29) is 0 Å². The number of aryl methyl sites for hydroxylation is 2. The fourth-order valence-electron chi connectivity index (χ4n) is 14.1. The third-order valence-corrected chi connectivity index (χ3v) is 21.5. The van der Waals surface area contributed by atoms with Gasteiger partial charge in [-0.25, -0.2) is 4.70 Å². The van der Waals surface area contributed by atoms with Crippen LogP contribution in [0.3, 0.4) is 0 Å². The van der Waals surface area contributed by atoms with E-state index in [0.29, 0.717) is 0 Å². The molecule has 1 aliphatic rings. The first-order valence-corrected chi connectivity index (χ1v) is 43.0. The topological polar surface area (TPSA) is 25.3 Å². The fraction of sp³-hybridized carbons (Fsp3) is 0.818. The van der Waals surface area contributed by atoms with Gasteiger partial charge in [0.1, 0.15) is 0 Å². The summed E-state index contributed by atoms with van der Waals surface area (Å²) >= 11 is 2.05. The Kier molecular flexibility index (Phi) is 62.3. The molecule has 0 spiro atoms. The zero-order chi connectivity index (χ0) is 65.2. The molecule has 0 aliphatic carbocycles. The first-order chi connectivity index (χ1) is 45.1. The Morgan fingerprint density at radius 2 is 0.451 bits per heavy atom. The molecule has 0 N–H and O–H groups in total. The molecule has 2 nitrogen and oxygen atoms in total. The molecule has 1 aliphatic heterocycles. The molecule has 0 radical (unpaired) electrons. The Hall–Kier alpha value is -1.99. The Labute approximate surface area is 577 Å². The van der Waals surface area contributed by atoms with Gasteiger partial charge in [-0.3, -0.25) is 0 Å². The third kappa shape index (κ3) is 48.4. The maximum atomic E-state index is 11.9. The van der Waals surface area contributed by atoms with E-state index in [0.717, 1.165) is 61.0 Å². The normalized spacial score (nSPS) is 12.6. The average Bonchev–Trinajstić information content (AvgIpc) is 1.65. The second-order valence-corrected chi connectivity index (χ2v) is 30.4. The fourth-order valence-corrected chi connectivity index (χ4v) is 15.3. The van der Waals surface area contributed by atoms with Gasteiger partial charge >= 0.3 is 166 Å². The molecular weight excluding hydrogens is 1140 g/mol. The van der Waals surface area contributed by atoms with Crippen LogP contribution in [0.2, 0.25) is 10.8 Å². The molecule has 3 heteroatoms. The molecule has 0 saturated carbocycles. The summed E-state index contributed by atoms with van der Waals surface area (Å²) in [7, 11) is 0. The van der Waals surface area contributed by atoms with E-state index < -0.39 is 0 Å². The summed E-state index contributed by atoms with van der Waals surface area (Å²) in [6.07, 6.45) is 90.3. The van der Waals surface area contributed by atoms with Crippen LogP contribution in [0.5, 0.6) is 0 Å². The molecule has 0 atom stereocenters. The standard InChI is InChI=1S/C36H52N2.2C26H53.Ni/c1-5-9-13-14-15-16-26-34-33(25-12-8-4)35(31-23-17-21-29(27-31)19-10-6-2)38(37)36(34)32-24-18-22-30(28-32)20-11-7-3;2*1-3-5-7-9-11-13-15-17-19-21-23-25-26-24-22-20-18-16-14-12-10-8-6-4-2;/h17-18,21-24,27-28H,5-16,19-20,25-26H2,1-4H3;2*1,3-26H2,2H3;. The zero-order valence-corrected chi connectivity index (χ0v) is 63.5. The zero-order valence-electron chi connectivity index (χ0n) is 62.5. The molecular formula is C88H158N2Ni. The molecule has 2 aromatic carbocycles. The van der Waals surface area contributed by atoms with Crippen molar-refractivity contribution in [3.05, 3.63) is 87.5 Å². The molecule has 530 valence electrons. The number of allylic oxidation sites excluding steroid dienone is 2. The quantitative estimate of drug-likeness (QED) is 0.0358. The van der Waals surface area contributed by atoms with Gasteiger partial charge in [0.25, 0.3) is 0 Å². The summed E-state index contributed by atoms with van der Waals surface area (Å²) < 4.78 is 1.56. The molecule has 2 aromatic rings. The van der Waals surface area contributed by atoms with Gasteiger partial charge in [0, 0.05) is 22.3 Å². The van der Waals surface area contributed by atoms with E-state index >= 15 is 0 Å². The minimum absolute atomic E-state index is 1.02. The SMILES string of the molecule is CCCCCCCCC1=C(c2cccc(CCCC)c2)[N+](=[N-])C(c2cccc(CCCC)c2)=C1CCCC.CCCCCCCCCCCCCCCCCCCCCCCCC[CH2][Ni][CH2]CCCCCCCCCCCCCCCCCCCCCCCCC. The number of rotatable bonds is 68. The molecule has 0 amide bonds. The van der Waals surface area contributed by atoms with Crippen LogP contribution >= 0.6 is 0 Å². The number of hydrogen-bond acceptors (Lipinski definition) is 0. The summed E-state index contributed by atoms with van der Waals surface area (Å²) in [5.74, 6) is 0. The van der Waals surface area contributed by atoms with Crippen molar-refractivity contribution in [1.82, 2.24) is 0 Å². The predicted molar refractivity (Wildman–Crippen MR) is 408 cm³/mol. The first kappa shape index (κ1) is 85.1. The Morgan fingerprint density at radius 1 is 0.242 bits per heavy atom. The number of hydrogen-bond donors (Lipinski definition) is 0. The third-order valence-electron chi connectivity index (χ3n) is 20.1. The van der Waals surface area contributed by atoms with E-state index in [2.05, 4.69) is 105 Å².